The highest BCUT2D eigenvalue weighted by molar-refractivity contribution is 7.99. The summed E-state index contributed by atoms with van der Waals surface area (Å²) in [4.78, 5) is 2.68. The minimum absolute atomic E-state index is 1.34. The normalized spacial score (nSPS) is 9.29. The Labute approximate surface area is 108 Å². The summed E-state index contributed by atoms with van der Waals surface area (Å²) in [5, 5.41) is 0. The van der Waals surface area contributed by atoms with Gasteiger partial charge in [-0.05, 0) is 37.1 Å². The molecule has 0 nitrogen and oxygen atoms in total. The van der Waals surface area contributed by atoms with Crippen LogP contribution in [0.5, 0.6) is 0 Å². The Balaban J connectivity index is 0.000000686. The molecule has 17 heavy (non-hydrogen) atoms. The van der Waals surface area contributed by atoms with E-state index in [2.05, 4.69) is 75.5 Å². The molecule has 0 heterocycles. The predicted octanol–water partition coefficient (Wildman–Crippen LogP) is 5.26. The average Bonchev–Trinajstić information content (AvgIpc) is 2.37. The molecule has 0 unspecified atom stereocenters. The maximum absolute atomic E-state index is 3.00. The molecule has 0 aliphatic heterocycles. The third-order valence-corrected chi connectivity index (χ3v) is 3.76. The van der Waals surface area contributed by atoms with Crippen LogP contribution in [0.2, 0.25) is 0 Å². The first-order valence-electron chi connectivity index (χ1n) is 5.56. The van der Waals surface area contributed by atoms with E-state index in [0.29, 0.717) is 0 Å². The van der Waals surface area contributed by atoms with Crippen LogP contribution in [0.4, 0.5) is 0 Å². The van der Waals surface area contributed by atoms with Crippen LogP contribution in [0.15, 0.2) is 71.5 Å². The summed E-state index contributed by atoms with van der Waals surface area (Å²) in [5.74, 6) is 0. The molecule has 0 radical (unpaired) electrons. The second-order valence-electron chi connectivity index (χ2n) is 3.63. The van der Waals surface area contributed by atoms with E-state index in [-0.39, 0.29) is 0 Å². The van der Waals surface area contributed by atoms with Crippen molar-refractivity contribution in [1.82, 2.24) is 0 Å². The van der Waals surface area contributed by atoms with Gasteiger partial charge in [0.1, 0.15) is 0 Å². The van der Waals surface area contributed by atoms with E-state index in [0.717, 1.165) is 0 Å². The van der Waals surface area contributed by atoms with E-state index in [1.54, 1.807) is 0 Å². The largest absolute Gasteiger partial charge is 0.106 e. The number of hydrogen-bond donors (Lipinski definition) is 0. The van der Waals surface area contributed by atoms with Crippen LogP contribution in [0, 0.1) is 13.8 Å². The van der Waals surface area contributed by atoms with Gasteiger partial charge >= 0.3 is 0 Å². The summed E-state index contributed by atoms with van der Waals surface area (Å²) in [5.41, 5.74) is 2.68. The molecule has 88 valence electrons. The number of rotatable bonds is 2. The van der Waals surface area contributed by atoms with Crippen LogP contribution in [-0.2, 0) is 0 Å². The lowest BCUT2D eigenvalue weighted by Gasteiger charge is -2.07. The second-order valence-corrected chi connectivity index (χ2v) is 4.72. The lowest BCUT2D eigenvalue weighted by atomic mass is 10.2. The summed E-state index contributed by atoms with van der Waals surface area (Å²) < 4.78 is 0. The van der Waals surface area contributed by atoms with Crippen LogP contribution in [0.1, 0.15) is 11.1 Å². The van der Waals surface area contributed by atoms with Gasteiger partial charge in [0.2, 0.25) is 0 Å². The van der Waals surface area contributed by atoms with Crippen molar-refractivity contribution in [3.8, 4) is 0 Å². The third-order valence-electron chi connectivity index (χ3n) is 2.41. The zero-order valence-corrected chi connectivity index (χ0v) is 11.3. The third kappa shape index (κ3) is 3.79. The quantitative estimate of drug-likeness (QED) is 0.647. The van der Waals surface area contributed by atoms with Crippen molar-refractivity contribution >= 4 is 11.8 Å². The molecule has 0 amide bonds. The minimum atomic E-state index is 1.34. The standard InChI is InChI=1S/C14H14S.C2H4/c1-11-7-3-5-9-13(11)15-14-10-6-4-8-12(14)2;1-2/h3-10H,1-2H3;1-2H2. The van der Waals surface area contributed by atoms with E-state index in [1.807, 2.05) is 11.8 Å². The van der Waals surface area contributed by atoms with E-state index < -0.39 is 0 Å². The molecule has 0 aliphatic carbocycles. The molecular formula is C16H18S. The Morgan fingerprint density at radius 1 is 0.706 bits per heavy atom. The summed E-state index contributed by atoms with van der Waals surface area (Å²) in [6.45, 7) is 10.3. The van der Waals surface area contributed by atoms with Crippen LogP contribution in [-0.4, -0.2) is 0 Å². The molecule has 0 saturated carbocycles. The van der Waals surface area contributed by atoms with E-state index in [4.69, 9.17) is 0 Å². The molecule has 0 bridgehead atoms. The Kier molecular flexibility index (Phi) is 5.58. The Morgan fingerprint density at radius 3 is 1.41 bits per heavy atom. The Morgan fingerprint density at radius 2 is 1.06 bits per heavy atom. The van der Waals surface area contributed by atoms with Crippen LogP contribution in [0.3, 0.4) is 0 Å². The molecule has 0 saturated heterocycles. The SMILES string of the molecule is C=C.Cc1ccccc1Sc1ccccc1C. The first-order valence-corrected chi connectivity index (χ1v) is 6.38. The van der Waals surface area contributed by atoms with Gasteiger partial charge in [0.05, 0.1) is 0 Å². The fourth-order valence-corrected chi connectivity index (χ4v) is 2.45. The monoisotopic (exact) mass is 242 g/mol. The first kappa shape index (κ1) is 13.6. The molecule has 0 N–H and O–H groups in total. The molecule has 2 aromatic carbocycles. The molecule has 0 fully saturated rings. The van der Waals surface area contributed by atoms with Gasteiger partial charge in [-0.25, -0.2) is 0 Å². The molecule has 0 aromatic heterocycles. The topological polar surface area (TPSA) is 0 Å². The summed E-state index contributed by atoms with van der Waals surface area (Å²) in [7, 11) is 0. The van der Waals surface area contributed by atoms with Crippen molar-refractivity contribution in [2.45, 2.75) is 23.6 Å². The highest BCUT2D eigenvalue weighted by Gasteiger charge is 2.01. The van der Waals surface area contributed by atoms with Crippen molar-refractivity contribution < 1.29 is 0 Å². The van der Waals surface area contributed by atoms with Gasteiger partial charge in [0.25, 0.3) is 0 Å². The zero-order chi connectivity index (χ0) is 12.7. The van der Waals surface area contributed by atoms with E-state index in [1.165, 1.54) is 20.9 Å². The van der Waals surface area contributed by atoms with Crippen molar-refractivity contribution in [2.24, 2.45) is 0 Å². The number of hydrogen-bond acceptors (Lipinski definition) is 1. The van der Waals surface area contributed by atoms with Gasteiger partial charge in [0.15, 0.2) is 0 Å². The van der Waals surface area contributed by atoms with Gasteiger partial charge < -0.3 is 0 Å². The molecule has 0 spiro atoms. The molecular weight excluding hydrogens is 224 g/mol. The number of aryl methyl sites for hydroxylation is 2. The smallest absolute Gasteiger partial charge is 0.0151 e. The van der Waals surface area contributed by atoms with Crippen LogP contribution in [0.25, 0.3) is 0 Å². The molecule has 0 atom stereocenters. The second kappa shape index (κ2) is 6.97. The van der Waals surface area contributed by atoms with Crippen LogP contribution >= 0.6 is 11.8 Å². The van der Waals surface area contributed by atoms with Gasteiger partial charge in [-0.2, -0.15) is 0 Å². The fraction of sp³-hybridized carbons (Fsp3) is 0.125. The molecule has 2 rings (SSSR count). The maximum atomic E-state index is 3.00. The van der Waals surface area contributed by atoms with Gasteiger partial charge in [-0.3, -0.25) is 0 Å². The lowest BCUT2D eigenvalue weighted by molar-refractivity contribution is 1.26. The number of benzene rings is 2. The van der Waals surface area contributed by atoms with E-state index >= 15 is 0 Å². The van der Waals surface area contributed by atoms with Crippen LogP contribution < -0.4 is 0 Å². The lowest BCUT2D eigenvalue weighted by Crippen LogP contribution is -1.81. The highest BCUT2D eigenvalue weighted by atomic mass is 32.2. The highest BCUT2D eigenvalue weighted by Crippen LogP contribution is 2.31. The fourth-order valence-electron chi connectivity index (χ4n) is 1.46. The first-order chi connectivity index (χ1) is 8.27. The van der Waals surface area contributed by atoms with Crippen molar-refractivity contribution in [1.29, 1.82) is 0 Å². The van der Waals surface area contributed by atoms with Gasteiger partial charge in [-0.1, -0.05) is 48.2 Å². The predicted molar refractivity (Wildman–Crippen MR) is 77.7 cm³/mol. The maximum Gasteiger partial charge on any atom is 0.0151 e. The molecule has 1 heteroatoms. The van der Waals surface area contributed by atoms with Gasteiger partial charge in [0, 0.05) is 9.79 Å². The Bertz CT molecular complexity index is 431. The molecule has 0 aliphatic rings. The van der Waals surface area contributed by atoms with Gasteiger partial charge in [-0.15, -0.1) is 13.2 Å². The average molecular weight is 242 g/mol. The van der Waals surface area contributed by atoms with Crippen molar-refractivity contribution in [3.63, 3.8) is 0 Å². The summed E-state index contributed by atoms with van der Waals surface area (Å²) in [6, 6.07) is 17.0. The summed E-state index contributed by atoms with van der Waals surface area (Å²) >= 11 is 1.84. The summed E-state index contributed by atoms with van der Waals surface area (Å²) in [6.07, 6.45) is 0. The Hall–Kier alpha value is -1.47. The van der Waals surface area contributed by atoms with Crippen molar-refractivity contribution in [2.75, 3.05) is 0 Å². The minimum Gasteiger partial charge on any atom is -0.106 e. The zero-order valence-electron chi connectivity index (χ0n) is 10.4. The van der Waals surface area contributed by atoms with E-state index in [9.17, 15) is 0 Å². The molecule has 2 aromatic rings. The van der Waals surface area contributed by atoms with Crippen molar-refractivity contribution in [3.05, 3.63) is 72.8 Å².